The van der Waals surface area contributed by atoms with Crippen molar-refractivity contribution in [1.29, 1.82) is 5.41 Å². The van der Waals surface area contributed by atoms with Crippen LogP contribution in [-0.4, -0.2) is 56.5 Å². The number of anilines is 1. The molecule has 0 aliphatic carbocycles. The first kappa shape index (κ1) is 24.1. The highest BCUT2D eigenvalue weighted by Gasteiger charge is 2.32. The third-order valence-corrected chi connectivity index (χ3v) is 6.30. The van der Waals surface area contributed by atoms with E-state index in [-0.39, 0.29) is 36.7 Å². The van der Waals surface area contributed by atoms with Gasteiger partial charge in [0.05, 0.1) is 33.6 Å². The number of cyclic esters (lactones) is 1. The van der Waals surface area contributed by atoms with E-state index in [0.717, 1.165) is 16.0 Å². The maximum absolute atomic E-state index is 12.4. The molecule has 3 N–H and O–H groups in total. The molecule has 1 aliphatic rings. The number of nitrogens with zero attached hydrogens (tertiary/aromatic N) is 1. The quantitative estimate of drug-likeness (QED) is 0.187. The van der Waals surface area contributed by atoms with Gasteiger partial charge in [0.15, 0.2) is 0 Å². The number of ether oxygens (including phenoxy) is 3. The minimum atomic E-state index is -0.445. The third-order valence-electron chi connectivity index (χ3n) is 5.05. The number of esters is 2. The smallest absolute Gasteiger partial charge is 0.414 e. The summed E-state index contributed by atoms with van der Waals surface area (Å²) in [5, 5.41) is 7.47. The minimum Gasteiger partial charge on any atom is -0.469 e. The molecule has 0 bridgehead atoms. The number of benzene rings is 2. The van der Waals surface area contributed by atoms with Gasteiger partial charge in [-0.05, 0) is 41.5 Å². The molecule has 9 nitrogen and oxygen atoms in total. The number of nitrogens with two attached hydrogens (primary N) is 1. The van der Waals surface area contributed by atoms with Crippen LogP contribution in [0.25, 0.3) is 0 Å². The number of rotatable bonds is 9. The zero-order valence-corrected chi connectivity index (χ0v) is 19.1. The summed E-state index contributed by atoms with van der Waals surface area (Å²) in [5.41, 5.74) is 8.18. The topological polar surface area (TPSA) is 132 Å². The number of carbonyl (C=O) groups is 3. The van der Waals surface area contributed by atoms with Crippen molar-refractivity contribution >= 4 is 41.3 Å². The fourth-order valence-corrected chi connectivity index (χ4v) is 4.33. The Kier molecular flexibility index (Phi) is 7.94. The second kappa shape index (κ2) is 10.9. The van der Waals surface area contributed by atoms with Crippen molar-refractivity contribution in [3.63, 3.8) is 0 Å². The second-order valence-corrected chi connectivity index (χ2v) is 8.40. The fraction of sp³-hybridized carbons (Fsp3) is 0.304. The van der Waals surface area contributed by atoms with Gasteiger partial charge in [0, 0.05) is 21.9 Å². The Labute approximate surface area is 195 Å². The lowest BCUT2D eigenvalue weighted by atomic mass is 10.1. The van der Waals surface area contributed by atoms with Crippen molar-refractivity contribution in [2.75, 3.05) is 31.4 Å². The first-order chi connectivity index (χ1) is 15.8. The third kappa shape index (κ3) is 6.26. The number of hydrogen-bond acceptors (Lipinski definition) is 8. The molecule has 174 valence electrons. The predicted octanol–water partition coefficient (Wildman–Crippen LogP) is 2.52. The van der Waals surface area contributed by atoms with Crippen LogP contribution in [0.15, 0.2) is 47.4 Å². The molecule has 1 saturated heterocycles. The number of nitrogens with one attached hydrogen (secondary N) is 1. The summed E-state index contributed by atoms with van der Waals surface area (Å²) >= 11 is 1.46. The Morgan fingerprint density at radius 3 is 2.42 bits per heavy atom. The second-order valence-electron chi connectivity index (χ2n) is 7.34. The van der Waals surface area contributed by atoms with Crippen LogP contribution in [0.3, 0.4) is 0 Å². The Morgan fingerprint density at radius 1 is 1.12 bits per heavy atom. The van der Waals surface area contributed by atoms with Crippen LogP contribution in [0, 0.1) is 5.41 Å². The summed E-state index contributed by atoms with van der Waals surface area (Å²) in [5.74, 6) is -0.313. The number of nitrogen functional groups attached to an aromatic ring is 1. The lowest BCUT2D eigenvalue weighted by molar-refractivity contribution is -0.140. The number of carbonyl (C=O) groups excluding carboxylic acids is 3. The van der Waals surface area contributed by atoms with E-state index in [2.05, 4.69) is 0 Å². The molecule has 1 unspecified atom stereocenters. The van der Waals surface area contributed by atoms with E-state index in [0.29, 0.717) is 23.5 Å². The number of hydrogen-bond donors (Lipinski definition) is 2. The van der Waals surface area contributed by atoms with Gasteiger partial charge in [-0.3, -0.25) is 19.9 Å². The van der Waals surface area contributed by atoms with Crippen LogP contribution in [0.2, 0.25) is 0 Å². The van der Waals surface area contributed by atoms with E-state index in [4.69, 9.17) is 25.4 Å². The van der Waals surface area contributed by atoms with Crippen LogP contribution in [0.5, 0.6) is 0 Å². The SMILES string of the molecule is COC(=O)Cc1ccc(SCC2CN(c3ccc(C(=N)N)cc3)C(=O)O2)c(CC(=O)OC)c1. The van der Waals surface area contributed by atoms with Gasteiger partial charge in [0.1, 0.15) is 11.9 Å². The Morgan fingerprint density at radius 2 is 1.79 bits per heavy atom. The Hall–Kier alpha value is -3.53. The predicted molar refractivity (Wildman–Crippen MR) is 124 cm³/mol. The van der Waals surface area contributed by atoms with Gasteiger partial charge in [-0.15, -0.1) is 11.8 Å². The van der Waals surface area contributed by atoms with Crippen molar-refractivity contribution in [2.45, 2.75) is 23.8 Å². The highest BCUT2D eigenvalue weighted by Crippen LogP contribution is 2.29. The van der Waals surface area contributed by atoms with Gasteiger partial charge in [0.2, 0.25) is 0 Å². The summed E-state index contributed by atoms with van der Waals surface area (Å²) in [4.78, 5) is 38.2. The molecule has 3 rings (SSSR count). The van der Waals surface area contributed by atoms with Crippen LogP contribution in [0.4, 0.5) is 10.5 Å². The zero-order valence-electron chi connectivity index (χ0n) is 18.3. The zero-order chi connectivity index (χ0) is 24.0. The molecule has 2 aromatic carbocycles. The molecule has 2 aromatic rings. The molecule has 1 atom stereocenters. The molecule has 0 aromatic heterocycles. The Balaban J connectivity index is 1.68. The van der Waals surface area contributed by atoms with Crippen LogP contribution in [-0.2, 0) is 36.6 Å². The highest BCUT2D eigenvalue weighted by atomic mass is 32.2. The van der Waals surface area contributed by atoms with Gasteiger partial charge in [0.25, 0.3) is 0 Å². The molecule has 0 spiro atoms. The monoisotopic (exact) mass is 471 g/mol. The summed E-state index contributed by atoms with van der Waals surface area (Å²) < 4.78 is 15.0. The van der Waals surface area contributed by atoms with Crippen molar-refractivity contribution in [3.8, 4) is 0 Å². The maximum Gasteiger partial charge on any atom is 0.414 e. The molecule has 0 radical (unpaired) electrons. The van der Waals surface area contributed by atoms with Crippen molar-refractivity contribution in [1.82, 2.24) is 0 Å². The van der Waals surface area contributed by atoms with E-state index < -0.39 is 6.09 Å². The number of thioether (sulfide) groups is 1. The lowest BCUT2D eigenvalue weighted by Gasteiger charge is -2.14. The van der Waals surface area contributed by atoms with Crippen LogP contribution in [0.1, 0.15) is 16.7 Å². The number of methoxy groups -OCH3 is 2. The number of amides is 1. The van der Waals surface area contributed by atoms with Crippen LogP contribution < -0.4 is 10.6 Å². The van der Waals surface area contributed by atoms with E-state index in [9.17, 15) is 14.4 Å². The summed E-state index contributed by atoms with van der Waals surface area (Å²) in [6.45, 7) is 0.373. The summed E-state index contributed by atoms with van der Waals surface area (Å²) in [7, 11) is 2.65. The van der Waals surface area contributed by atoms with Gasteiger partial charge >= 0.3 is 18.0 Å². The minimum absolute atomic E-state index is 0.0415. The summed E-state index contributed by atoms with van der Waals surface area (Å²) in [6, 6.07) is 12.3. The molecular weight excluding hydrogens is 446 g/mol. The molecular formula is C23H25N3O6S. The van der Waals surface area contributed by atoms with E-state index >= 15 is 0 Å². The van der Waals surface area contributed by atoms with Gasteiger partial charge in [-0.1, -0.05) is 12.1 Å². The first-order valence-corrected chi connectivity index (χ1v) is 11.1. The van der Waals surface area contributed by atoms with Gasteiger partial charge in [-0.2, -0.15) is 0 Å². The number of amidine groups is 1. The normalized spacial score (nSPS) is 15.2. The van der Waals surface area contributed by atoms with Crippen molar-refractivity contribution in [3.05, 3.63) is 59.2 Å². The van der Waals surface area contributed by atoms with Gasteiger partial charge < -0.3 is 19.9 Å². The van der Waals surface area contributed by atoms with Gasteiger partial charge in [-0.25, -0.2) is 4.79 Å². The van der Waals surface area contributed by atoms with Crippen molar-refractivity contribution in [2.24, 2.45) is 5.73 Å². The molecule has 1 aliphatic heterocycles. The molecule has 1 amide bonds. The maximum atomic E-state index is 12.4. The van der Waals surface area contributed by atoms with Crippen LogP contribution >= 0.6 is 11.8 Å². The molecule has 1 fully saturated rings. The molecule has 1 heterocycles. The molecule has 33 heavy (non-hydrogen) atoms. The van der Waals surface area contributed by atoms with E-state index in [1.807, 2.05) is 12.1 Å². The average molecular weight is 472 g/mol. The average Bonchev–Trinajstić information content (AvgIpc) is 3.18. The Bertz CT molecular complexity index is 1060. The van der Waals surface area contributed by atoms with E-state index in [1.165, 1.54) is 30.9 Å². The summed E-state index contributed by atoms with van der Waals surface area (Å²) in [6.07, 6.45) is -0.629. The lowest BCUT2D eigenvalue weighted by Crippen LogP contribution is -2.25. The molecule has 0 saturated carbocycles. The molecule has 10 heteroatoms. The fourth-order valence-electron chi connectivity index (χ4n) is 3.31. The van der Waals surface area contributed by atoms with Crippen molar-refractivity contribution < 1.29 is 28.6 Å². The largest absolute Gasteiger partial charge is 0.469 e. The first-order valence-electron chi connectivity index (χ1n) is 10.1. The standard InChI is InChI=1S/C23H25N3O6S/c1-30-20(27)10-14-3-8-19(16(9-14)11-21(28)31-2)33-13-18-12-26(23(29)32-18)17-6-4-15(5-7-17)22(24)25/h3-9,18H,10-13H2,1-2H3,(H3,24,25). The van der Waals surface area contributed by atoms with E-state index in [1.54, 1.807) is 30.3 Å². The highest BCUT2D eigenvalue weighted by molar-refractivity contribution is 7.99.